The Morgan fingerprint density at radius 2 is 2.47 bits per heavy atom. The summed E-state index contributed by atoms with van der Waals surface area (Å²) in [5.74, 6) is -0.213. The maximum Gasteiger partial charge on any atom is 0.251 e. The van der Waals surface area contributed by atoms with E-state index in [-0.39, 0.29) is 12.3 Å². The molecule has 0 radical (unpaired) electrons. The summed E-state index contributed by atoms with van der Waals surface area (Å²) in [6.45, 7) is 0.884. The molecule has 1 amide bonds. The molecule has 0 atom stereocenters. The number of hydrogen-bond donors (Lipinski definition) is 1. The lowest BCUT2D eigenvalue weighted by molar-refractivity contribution is -0.167. The van der Waals surface area contributed by atoms with Crippen molar-refractivity contribution in [2.45, 2.75) is 19.3 Å². The molecule has 0 spiro atoms. The SMILES string of the molecule is CON(C)C(=O)C/C(C#N)=C1\CCCN1. The van der Waals surface area contributed by atoms with E-state index in [1.807, 2.05) is 0 Å². The summed E-state index contributed by atoms with van der Waals surface area (Å²) in [5.41, 5.74) is 1.41. The van der Waals surface area contributed by atoms with Gasteiger partial charge in [-0.25, -0.2) is 5.06 Å². The summed E-state index contributed by atoms with van der Waals surface area (Å²) in [6.07, 6.45) is 1.98. The molecule has 15 heavy (non-hydrogen) atoms. The molecule has 0 aromatic carbocycles. The van der Waals surface area contributed by atoms with Gasteiger partial charge in [0.15, 0.2) is 0 Å². The van der Waals surface area contributed by atoms with Crippen molar-refractivity contribution in [1.82, 2.24) is 10.4 Å². The number of allylic oxidation sites excluding steroid dienone is 1. The summed E-state index contributed by atoms with van der Waals surface area (Å²) < 4.78 is 0. The predicted molar refractivity (Wildman–Crippen MR) is 54.3 cm³/mol. The van der Waals surface area contributed by atoms with Gasteiger partial charge >= 0.3 is 0 Å². The van der Waals surface area contributed by atoms with Gasteiger partial charge in [-0.3, -0.25) is 9.63 Å². The Morgan fingerprint density at radius 1 is 1.73 bits per heavy atom. The number of hydrogen-bond acceptors (Lipinski definition) is 4. The van der Waals surface area contributed by atoms with E-state index in [4.69, 9.17) is 10.1 Å². The third kappa shape index (κ3) is 2.96. The van der Waals surface area contributed by atoms with Crippen LogP contribution in [0.4, 0.5) is 0 Å². The van der Waals surface area contributed by atoms with Gasteiger partial charge in [0.2, 0.25) is 0 Å². The first-order chi connectivity index (χ1) is 7.19. The van der Waals surface area contributed by atoms with Crippen LogP contribution in [0.25, 0.3) is 0 Å². The number of nitriles is 1. The first-order valence-corrected chi connectivity index (χ1v) is 4.85. The van der Waals surface area contributed by atoms with Crippen LogP contribution in [0.2, 0.25) is 0 Å². The Kier molecular flexibility index (Phi) is 4.13. The van der Waals surface area contributed by atoms with Gasteiger partial charge in [-0.05, 0) is 12.8 Å². The molecule has 0 aromatic heterocycles. The molecule has 1 fully saturated rings. The lowest BCUT2D eigenvalue weighted by atomic mass is 10.1. The summed E-state index contributed by atoms with van der Waals surface area (Å²) in [5, 5.41) is 13.2. The predicted octanol–water partition coefficient (Wildman–Crippen LogP) is 0.557. The van der Waals surface area contributed by atoms with Gasteiger partial charge in [-0.2, -0.15) is 5.26 Å². The highest BCUT2D eigenvalue weighted by atomic mass is 16.7. The molecule has 1 heterocycles. The maximum absolute atomic E-state index is 11.5. The number of carbonyl (C=O) groups is 1. The van der Waals surface area contributed by atoms with Crippen molar-refractivity contribution in [2.24, 2.45) is 0 Å². The molecule has 82 valence electrons. The molecule has 0 aliphatic carbocycles. The van der Waals surface area contributed by atoms with Crippen molar-refractivity contribution in [2.75, 3.05) is 20.7 Å². The first-order valence-electron chi connectivity index (χ1n) is 4.85. The molecule has 1 saturated heterocycles. The minimum Gasteiger partial charge on any atom is -0.388 e. The van der Waals surface area contributed by atoms with Crippen LogP contribution in [0, 0.1) is 11.3 Å². The fraction of sp³-hybridized carbons (Fsp3) is 0.600. The lowest BCUT2D eigenvalue weighted by Gasteiger charge is -2.13. The van der Waals surface area contributed by atoms with Crippen LogP contribution in [0.3, 0.4) is 0 Å². The molecule has 1 aliphatic rings. The first kappa shape index (κ1) is 11.5. The molecule has 0 bridgehead atoms. The molecule has 0 saturated carbocycles. The van der Waals surface area contributed by atoms with Crippen LogP contribution in [0.15, 0.2) is 11.3 Å². The highest BCUT2D eigenvalue weighted by Crippen LogP contribution is 2.16. The maximum atomic E-state index is 11.5. The smallest absolute Gasteiger partial charge is 0.251 e. The van der Waals surface area contributed by atoms with Gasteiger partial charge in [-0.1, -0.05) is 0 Å². The minimum atomic E-state index is -0.213. The van der Waals surface area contributed by atoms with Crippen molar-refractivity contribution in [3.8, 4) is 6.07 Å². The molecule has 5 heteroatoms. The van der Waals surface area contributed by atoms with E-state index in [0.29, 0.717) is 5.57 Å². The number of amides is 1. The molecule has 5 nitrogen and oxygen atoms in total. The van der Waals surface area contributed by atoms with Gasteiger partial charge in [0.25, 0.3) is 5.91 Å². The number of nitrogens with one attached hydrogen (secondary N) is 1. The van der Waals surface area contributed by atoms with Crippen LogP contribution in [-0.4, -0.2) is 31.7 Å². The van der Waals surface area contributed by atoms with Gasteiger partial charge in [0, 0.05) is 19.3 Å². The number of nitrogens with zero attached hydrogens (tertiary/aromatic N) is 2. The standard InChI is InChI=1S/C10H15N3O2/c1-13(15-2)10(14)6-8(7-11)9-4-3-5-12-9/h12H,3-6H2,1-2H3/b9-8-. The number of carbonyl (C=O) groups excluding carboxylic acids is 1. The normalized spacial score (nSPS) is 17.9. The average molecular weight is 209 g/mol. The third-order valence-electron chi connectivity index (χ3n) is 2.39. The zero-order chi connectivity index (χ0) is 11.3. The fourth-order valence-electron chi connectivity index (χ4n) is 1.43. The Morgan fingerprint density at radius 3 is 2.93 bits per heavy atom. The summed E-state index contributed by atoms with van der Waals surface area (Å²) in [6, 6.07) is 2.07. The van der Waals surface area contributed by atoms with Crippen molar-refractivity contribution < 1.29 is 9.63 Å². The van der Waals surface area contributed by atoms with E-state index < -0.39 is 0 Å². The van der Waals surface area contributed by atoms with E-state index in [1.54, 1.807) is 0 Å². The van der Waals surface area contributed by atoms with Gasteiger partial charge in [0.1, 0.15) is 0 Å². The molecular weight excluding hydrogens is 194 g/mol. The molecule has 1 rings (SSSR count). The zero-order valence-electron chi connectivity index (χ0n) is 9.04. The van der Waals surface area contributed by atoms with E-state index in [1.165, 1.54) is 14.2 Å². The molecule has 1 N–H and O–H groups in total. The second-order valence-corrected chi connectivity index (χ2v) is 3.35. The van der Waals surface area contributed by atoms with Crippen molar-refractivity contribution in [1.29, 1.82) is 5.26 Å². The van der Waals surface area contributed by atoms with Crippen LogP contribution < -0.4 is 5.32 Å². The molecular formula is C10H15N3O2. The number of hydroxylamine groups is 2. The van der Waals surface area contributed by atoms with Crippen molar-refractivity contribution in [3.63, 3.8) is 0 Å². The number of rotatable bonds is 3. The Balaban J connectivity index is 2.66. The lowest BCUT2D eigenvalue weighted by Crippen LogP contribution is -2.26. The van der Waals surface area contributed by atoms with Gasteiger partial charge < -0.3 is 5.32 Å². The zero-order valence-corrected chi connectivity index (χ0v) is 9.04. The Hall–Kier alpha value is -1.54. The molecule has 0 aromatic rings. The summed E-state index contributed by atoms with van der Waals surface area (Å²) in [7, 11) is 2.95. The second-order valence-electron chi connectivity index (χ2n) is 3.35. The van der Waals surface area contributed by atoms with E-state index in [2.05, 4.69) is 11.4 Å². The molecule has 1 aliphatic heterocycles. The van der Waals surface area contributed by atoms with E-state index >= 15 is 0 Å². The Labute approximate surface area is 89.3 Å². The second kappa shape index (κ2) is 5.37. The average Bonchev–Trinajstić information content (AvgIpc) is 2.77. The van der Waals surface area contributed by atoms with E-state index in [0.717, 1.165) is 30.1 Å². The van der Waals surface area contributed by atoms with Crippen LogP contribution in [-0.2, 0) is 9.63 Å². The van der Waals surface area contributed by atoms with E-state index in [9.17, 15) is 4.79 Å². The van der Waals surface area contributed by atoms with Crippen molar-refractivity contribution >= 4 is 5.91 Å². The highest BCUT2D eigenvalue weighted by Gasteiger charge is 2.16. The fourth-order valence-corrected chi connectivity index (χ4v) is 1.43. The van der Waals surface area contributed by atoms with Crippen LogP contribution in [0.1, 0.15) is 19.3 Å². The topological polar surface area (TPSA) is 65.4 Å². The summed E-state index contributed by atoms with van der Waals surface area (Å²) >= 11 is 0. The largest absolute Gasteiger partial charge is 0.388 e. The van der Waals surface area contributed by atoms with Crippen molar-refractivity contribution in [3.05, 3.63) is 11.3 Å². The Bertz CT molecular complexity index is 309. The monoisotopic (exact) mass is 209 g/mol. The van der Waals surface area contributed by atoms with Gasteiger partial charge in [-0.15, -0.1) is 0 Å². The van der Waals surface area contributed by atoms with Crippen LogP contribution >= 0.6 is 0 Å². The van der Waals surface area contributed by atoms with Gasteiger partial charge in [0.05, 0.1) is 25.2 Å². The minimum absolute atomic E-state index is 0.100. The highest BCUT2D eigenvalue weighted by molar-refractivity contribution is 5.78. The van der Waals surface area contributed by atoms with Crippen LogP contribution in [0.5, 0.6) is 0 Å². The summed E-state index contributed by atoms with van der Waals surface area (Å²) in [4.78, 5) is 16.2. The molecule has 0 unspecified atom stereocenters. The quantitative estimate of drug-likeness (QED) is 0.544. The third-order valence-corrected chi connectivity index (χ3v) is 2.39.